The molecule has 154 valence electrons. The Kier molecular flexibility index (Phi) is 7.28. The molecule has 1 aromatic carbocycles. The fourth-order valence-corrected chi connectivity index (χ4v) is 3.72. The fraction of sp³-hybridized carbons (Fsp3) is 0.333. The van der Waals surface area contributed by atoms with Crippen molar-refractivity contribution in [2.75, 3.05) is 31.2 Å². The molecule has 0 radical (unpaired) electrons. The van der Waals surface area contributed by atoms with Crippen molar-refractivity contribution >= 4 is 61.8 Å². The third kappa shape index (κ3) is 4.98. The van der Waals surface area contributed by atoms with Crippen LogP contribution in [0.1, 0.15) is 13.3 Å². The van der Waals surface area contributed by atoms with Crippen molar-refractivity contribution in [2.24, 2.45) is 0 Å². The van der Waals surface area contributed by atoms with E-state index < -0.39 is 5.97 Å². The van der Waals surface area contributed by atoms with Crippen molar-refractivity contribution in [3.8, 4) is 5.69 Å². The molecular formula is C18H18BrCl2N5O3. The number of aliphatic carboxylic acids is 1. The number of ether oxygens (including phenoxy) is 1. The summed E-state index contributed by atoms with van der Waals surface area (Å²) in [7, 11) is 0. The number of halogens is 3. The van der Waals surface area contributed by atoms with Crippen LogP contribution in [0.3, 0.4) is 0 Å². The number of hydrogen-bond donors (Lipinski definition) is 1. The van der Waals surface area contributed by atoms with Gasteiger partial charge in [-0.15, -0.1) is 0 Å². The summed E-state index contributed by atoms with van der Waals surface area (Å²) in [4.78, 5) is 21.3. The number of pyridine rings is 1. The van der Waals surface area contributed by atoms with Gasteiger partial charge in [-0.05, 0) is 28.9 Å². The fourth-order valence-electron chi connectivity index (χ4n) is 2.79. The topological polar surface area (TPSA) is 93.4 Å². The summed E-state index contributed by atoms with van der Waals surface area (Å²) < 4.78 is 7.71. The largest absolute Gasteiger partial charge is 0.481 e. The highest BCUT2D eigenvalue weighted by atomic mass is 79.9. The van der Waals surface area contributed by atoms with Crippen LogP contribution < -0.4 is 4.90 Å². The van der Waals surface area contributed by atoms with Gasteiger partial charge in [0.2, 0.25) is 0 Å². The van der Waals surface area contributed by atoms with Gasteiger partial charge in [0, 0.05) is 29.0 Å². The third-order valence-electron chi connectivity index (χ3n) is 4.24. The molecule has 0 amide bonds. The van der Waals surface area contributed by atoms with E-state index in [4.69, 9.17) is 38.0 Å². The van der Waals surface area contributed by atoms with Gasteiger partial charge in [-0.1, -0.05) is 23.2 Å². The molecular weight excluding hydrogens is 485 g/mol. The standard InChI is InChI=1S/C18H18BrCl2N5O3/c1-2-25(4-6-29-5-3-15(27)28)14-8-13(26-10-22-9-23-26)11-7-12(19)16(20)17(21)18(11)24-14/h7-10H,2-6H2,1H3,(H,27,28). The van der Waals surface area contributed by atoms with Crippen molar-refractivity contribution in [1.29, 1.82) is 0 Å². The Morgan fingerprint density at radius 3 is 2.76 bits per heavy atom. The predicted molar refractivity (Wildman–Crippen MR) is 115 cm³/mol. The van der Waals surface area contributed by atoms with E-state index in [1.54, 1.807) is 11.0 Å². The molecule has 0 aliphatic rings. The number of likely N-dealkylation sites (N-methyl/N-ethyl adjacent to an activating group) is 1. The maximum atomic E-state index is 10.6. The molecule has 0 fully saturated rings. The quantitative estimate of drug-likeness (QED) is 0.346. The summed E-state index contributed by atoms with van der Waals surface area (Å²) >= 11 is 16.2. The van der Waals surface area contributed by atoms with Crippen LogP contribution >= 0.6 is 39.1 Å². The van der Waals surface area contributed by atoms with Crippen LogP contribution in [0.4, 0.5) is 5.82 Å². The maximum absolute atomic E-state index is 10.6. The zero-order chi connectivity index (χ0) is 21.0. The van der Waals surface area contributed by atoms with Crippen molar-refractivity contribution in [3.05, 3.63) is 39.3 Å². The monoisotopic (exact) mass is 501 g/mol. The summed E-state index contributed by atoms with van der Waals surface area (Å²) in [6.07, 6.45) is 3.02. The first-order chi connectivity index (χ1) is 13.9. The summed E-state index contributed by atoms with van der Waals surface area (Å²) in [5, 5.41) is 14.4. The van der Waals surface area contributed by atoms with E-state index in [2.05, 4.69) is 26.0 Å². The number of anilines is 1. The maximum Gasteiger partial charge on any atom is 0.305 e. The Morgan fingerprint density at radius 2 is 2.10 bits per heavy atom. The van der Waals surface area contributed by atoms with Crippen LogP contribution in [-0.4, -0.2) is 57.1 Å². The average molecular weight is 503 g/mol. The molecule has 0 unspecified atom stereocenters. The second-order valence-corrected chi connectivity index (χ2v) is 7.67. The number of aromatic nitrogens is 4. The summed E-state index contributed by atoms with van der Waals surface area (Å²) in [5.41, 5.74) is 1.31. The smallest absolute Gasteiger partial charge is 0.305 e. The lowest BCUT2D eigenvalue weighted by Gasteiger charge is -2.23. The van der Waals surface area contributed by atoms with Crippen molar-refractivity contribution < 1.29 is 14.6 Å². The summed E-state index contributed by atoms with van der Waals surface area (Å²) in [5.74, 6) is -0.212. The van der Waals surface area contributed by atoms with Gasteiger partial charge in [-0.3, -0.25) is 4.79 Å². The minimum Gasteiger partial charge on any atom is -0.481 e. The first-order valence-electron chi connectivity index (χ1n) is 8.80. The van der Waals surface area contributed by atoms with Crippen LogP contribution in [-0.2, 0) is 9.53 Å². The number of hydrogen-bond acceptors (Lipinski definition) is 6. The molecule has 11 heteroatoms. The molecule has 8 nitrogen and oxygen atoms in total. The first-order valence-corrected chi connectivity index (χ1v) is 10.3. The number of rotatable bonds is 9. The second-order valence-electron chi connectivity index (χ2n) is 6.06. The summed E-state index contributed by atoms with van der Waals surface area (Å²) in [6.45, 7) is 3.73. The van der Waals surface area contributed by atoms with Gasteiger partial charge < -0.3 is 14.7 Å². The second kappa shape index (κ2) is 9.71. The van der Waals surface area contributed by atoms with E-state index in [0.717, 1.165) is 11.1 Å². The number of benzene rings is 1. The Hall–Kier alpha value is -1.94. The van der Waals surface area contributed by atoms with Crippen molar-refractivity contribution in [3.63, 3.8) is 0 Å². The molecule has 2 aromatic heterocycles. The van der Waals surface area contributed by atoms with Gasteiger partial charge in [0.05, 0.1) is 40.9 Å². The molecule has 0 bridgehead atoms. The van der Waals surface area contributed by atoms with E-state index >= 15 is 0 Å². The van der Waals surface area contributed by atoms with E-state index in [0.29, 0.717) is 45.5 Å². The Balaban J connectivity index is 1.98. The van der Waals surface area contributed by atoms with Gasteiger partial charge in [0.1, 0.15) is 18.5 Å². The van der Waals surface area contributed by atoms with E-state index in [-0.39, 0.29) is 13.0 Å². The zero-order valence-electron chi connectivity index (χ0n) is 15.5. The first kappa shape index (κ1) is 21.8. The molecule has 0 aliphatic heterocycles. The van der Waals surface area contributed by atoms with Crippen LogP contribution in [0.25, 0.3) is 16.6 Å². The number of carbonyl (C=O) groups is 1. The lowest BCUT2D eigenvalue weighted by atomic mass is 10.1. The molecule has 0 atom stereocenters. The number of carboxylic acids is 1. The van der Waals surface area contributed by atoms with Gasteiger partial charge in [-0.2, -0.15) is 5.10 Å². The lowest BCUT2D eigenvalue weighted by Crippen LogP contribution is -2.28. The highest BCUT2D eigenvalue weighted by molar-refractivity contribution is 9.10. The molecule has 0 saturated carbocycles. The van der Waals surface area contributed by atoms with Gasteiger partial charge in [0.15, 0.2) is 0 Å². The lowest BCUT2D eigenvalue weighted by molar-refractivity contribution is -0.138. The zero-order valence-corrected chi connectivity index (χ0v) is 18.6. The molecule has 29 heavy (non-hydrogen) atoms. The highest BCUT2D eigenvalue weighted by Crippen LogP contribution is 2.39. The number of fused-ring (bicyclic) bond motifs is 1. The average Bonchev–Trinajstić information content (AvgIpc) is 3.23. The Bertz CT molecular complexity index is 1020. The highest BCUT2D eigenvalue weighted by Gasteiger charge is 2.18. The van der Waals surface area contributed by atoms with Crippen molar-refractivity contribution in [1.82, 2.24) is 19.7 Å². The number of nitrogens with zero attached hydrogens (tertiary/aromatic N) is 5. The van der Waals surface area contributed by atoms with Gasteiger partial charge in [-0.25, -0.2) is 14.6 Å². The minimum absolute atomic E-state index is 0.0280. The normalized spacial score (nSPS) is 11.2. The van der Waals surface area contributed by atoms with E-state index in [1.807, 2.05) is 24.0 Å². The third-order valence-corrected chi connectivity index (χ3v) is 5.95. The molecule has 0 saturated heterocycles. The molecule has 2 heterocycles. The van der Waals surface area contributed by atoms with Crippen molar-refractivity contribution in [2.45, 2.75) is 13.3 Å². The Labute approximate surface area is 185 Å². The van der Waals surface area contributed by atoms with E-state index in [1.165, 1.54) is 6.33 Å². The van der Waals surface area contributed by atoms with Crippen LogP contribution in [0.15, 0.2) is 29.3 Å². The van der Waals surface area contributed by atoms with Gasteiger partial charge >= 0.3 is 5.97 Å². The van der Waals surface area contributed by atoms with Crippen LogP contribution in [0.2, 0.25) is 10.0 Å². The van der Waals surface area contributed by atoms with Crippen LogP contribution in [0.5, 0.6) is 0 Å². The predicted octanol–water partition coefficient (Wildman–Crippen LogP) is 4.20. The van der Waals surface area contributed by atoms with Gasteiger partial charge in [0.25, 0.3) is 0 Å². The van der Waals surface area contributed by atoms with Crippen LogP contribution in [0, 0.1) is 0 Å². The summed E-state index contributed by atoms with van der Waals surface area (Å²) in [6, 6.07) is 3.75. The molecule has 0 spiro atoms. The Morgan fingerprint density at radius 1 is 1.31 bits per heavy atom. The van der Waals surface area contributed by atoms with E-state index in [9.17, 15) is 4.79 Å². The SMILES string of the molecule is CCN(CCOCCC(=O)O)c1cc(-n2cncn2)c2cc(Br)c(Cl)c(Cl)c2n1. The molecule has 1 N–H and O–H groups in total. The molecule has 3 aromatic rings. The molecule has 3 rings (SSSR count). The minimum atomic E-state index is -0.885. The number of carboxylic acid groups (broad SMARTS) is 1. The molecule has 0 aliphatic carbocycles.